The Bertz CT molecular complexity index is 667. The molecule has 4 heteroatoms. The van der Waals surface area contributed by atoms with E-state index in [-0.39, 0.29) is 41.2 Å². The van der Waals surface area contributed by atoms with Crippen molar-refractivity contribution in [3.05, 3.63) is 11.6 Å². The highest BCUT2D eigenvalue weighted by Gasteiger charge is 2.62. The van der Waals surface area contributed by atoms with Gasteiger partial charge in [-0.25, -0.2) is 0 Å². The number of hydrogen-bond donors (Lipinski definition) is 1. The van der Waals surface area contributed by atoms with Crippen molar-refractivity contribution in [2.24, 2.45) is 34.5 Å². The second kappa shape index (κ2) is 6.72. The van der Waals surface area contributed by atoms with Gasteiger partial charge in [0.05, 0.1) is 6.61 Å². The lowest BCUT2D eigenvalue weighted by Gasteiger charge is -2.60. The van der Waals surface area contributed by atoms with Gasteiger partial charge in [-0.15, -0.1) is 0 Å². The maximum atomic E-state index is 12.1. The van der Waals surface area contributed by atoms with E-state index in [0.717, 1.165) is 38.5 Å². The molecule has 0 spiro atoms. The minimum atomic E-state index is -0.212. The van der Waals surface area contributed by atoms with Crippen molar-refractivity contribution in [1.29, 1.82) is 0 Å². The van der Waals surface area contributed by atoms with Crippen molar-refractivity contribution in [2.45, 2.75) is 78.2 Å². The van der Waals surface area contributed by atoms with Gasteiger partial charge in [-0.3, -0.25) is 9.59 Å². The largest absolute Gasteiger partial charge is 0.462 e. The van der Waals surface area contributed by atoms with Gasteiger partial charge in [-0.2, -0.15) is 0 Å². The second-order valence-electron chi connectivity index (χ2n) is 9.81. The van der Waals surface area contributed by atoms with Crippen LogP contribution in [-0.2, 0) is 14.3 Å². The fourth-order valence-corrected chi connectivity index (χ4v) is 7.51. The molecule has 4 nitrogen and oxygen atoms in total. The van der Waals surface area contributed by atoms with Gasteiger partial charge in [0.2, 0.25) is 0 Å². The number of aliphatic hydroxyl groups excluding tert-OH is 1. The van der Waals surface area contributed by atoms with Crippen LogP contribution in [0.5, 0.6) is 0 Å². The highest BCUT2D eigenvalue weighted by molar-refractivity contribution is 5.92. The number of carbonyl (C=O) groups is 2. The third kappa shape index (κ3) is 2.66. The summed E-state index contributed by atoms with van der Waals surface area (Å²) in [4.78, 5) is 24.1. The van der Waals surface area contributed by atoms with Crippen LogP contribution in [0.15, 0.2) is 11.6 Å². The molecule has 27 heavy (non-hydrogen) atoms. The van der Waals surface area contributed by atoms with E-state index in [4.69, 9.17) is 4.74 Å². The number of rotatable bonds is 3. The molecule has 0 aromatic heterocycles. The molecule has 4 rings (SSSR count). The molecule has 0 radical (unpaired) electrons. The van der Waals surface area contributed by atoms with Crippen LogP contribution < -0.4 is 0 Å². The van der Waals surface area contributed by atoms with E-state index in [0.29, 0.717) is 30.6 Å². The smallest absolute Gasteiger partial charge is 0.305 e. The van der Waals surface area contributed by atoms with E-state index in [9.17, 15) is 14.7 Å². The molecule has 3 saturated carbocycles. The van der Waals surface area contributed by atoms with Crippen LogP contribution in [0.4, 0.5) is 0 Å². The Labute approximate surface area is 162 Å². The maximum Gasteiger partial charge on any atom is 0.305 e. The number of fused-ring (bicyclic) bond motifs is 5. The van der Waals surface area contributed by atoms with Crippen molar-refractivity contribution in [3.8, 4) is 0 Å². The zero-order valence-corrected chi connectivity index (χ0v) is 17.0. The lowest BCUT2D eigenvalue weighted by Crippen LogP contribution is -2.56. The normalized spacial score (nSPS) is 46.1. The average molecular weight is 375 g/mol. The van der Waals surface area contributed by atoms with Crippen LogP contribution in [0.25, 0.3) is 0 Å². The number of hydrogen-bond acceptors (Lipinski definition) is 4. The number of ketones is 1. The predicted molar refractivity (Wildman–Crippen MR) is 103 cm³/mol. The summed E-state index contributed by atoms with van der Waals surface area (Å²) >= 11 is 0. The Kier molecular flexibility index (Phi) is 4.77. The molecule has 0 aromatic carbocycles. The summed E-state index contributed by atoms with van der Waals surface area (Å²) < 4.78 is 5.86. The van der Waals surface area contributed by atoms with E-state index >= 15 is 0 Å². The molecule has 0 amide bonds. The molecular weight excluding hydrogens is 340 g/mol. The van der Waals surface area contributed by atoms with Crippen molar-refractivity contribution >= 4 is 11.8 Å². The van der Waals surface area contributed by atoms with Gasteiger partial charge in [-0.1, -0.05) is 26.3 Å². The highest BCUT2D eigenvalue weighted by Crippen LogP contribution is 2.66. The third-order valence-electron chi connectivity index (χ3n) is 8.90. The lowest BCUT2D eigenvalue weighted by atomic mass is 9.45. The van der Waals surface area contributed by atoms with Crippen LogP contribution in [0, 0.1) is 34.5 Å². The predicted octanol–water partition coefficient (Wildman–Crippen LogP) is 4.06. The Morgan fingerprint density at radius 2 is 2.04 bits per heavy atom. The maximum absolute atomic E-state index is 12.1. The molecule has 4 aliphatic rings. The van der Waals surface area contributed by atoms with Crippen molar-refractivity contribution in [1.82, 2.24) is 0 Å². The summed E-state index contributed by atoms with van der Waals surface area (Å²) in [7, 11) is 0. The summed E-state index contributed by atoms with van der Waals surface area (Å²) in [6.45, 7) is 6.52. The van der Waals surface area contributed by atoms with Crippen LogP contribution in [0.3, 0.4) is 0 Å². The number of ether oxygens (including phenoxy) is 1. The molecule has 0 aliphatic heterocycles. The van der Waals surface area contributed by atoms with Gasteiger partial charge in [-0.05, 0) is 68.3 Å². The minimum Gasteiger partial charge on any atom is -0.462 e. The standard InChI is InChI=1S/C23H34O4/c1-4-21(26)27-20-8-7-18-17-6-5-15-12-16(25)11-14(2)23(15,13-24)19(17)9-10-22(18,20)3/h12,14,17-20,24H,4-11,13H2,1-3H3/t14?,17-,18-,19+,20?,22-,23-/m0/s1. The van der Waals surface area contributed by atoms with Crippen LogP contribution in [0.1, 0.15) is 72.1 Å². The molecule has 0 saturated heterocycles. The first kappa shape index (κ1) is 19.2. The quantitative estimate of drug-likeness (QED) is 0.757. The fraction of sp³-hybridized carbons (Fsp3) is 0.826. The van der Waals surface area contributed by atoms with E-state index < -0.39 is 0 Å². The molecule has 1 N–H and O–H groups in total. The van der Waals surface area contributed by atoms with E-state index in [1.807, 2.05) is 13.0 Å². The molecule has 0 aromatic rings. The first-order chi connectivity index (χ1) is 12.9. The molecule has 0 bridgehead atoms. The zero-order valence-electron chi connectivity index (χ0n) is 17.0. The van der Waals surface area contributed by atoms with Crippen LogP contribution in [-0.4, -0.2) is 29.6 Å². The molecule has 7 atom stereocenters. The Morgan fingerprint density at radius 3 is 2.74 bits per heavy atom. The summed E-state index contributed by atoms with van der Waals surface area (Å²) in [6, 6.07) is 0. The summed E-state index contributed by atoms with van der Waals surface area (Å²) in [6.07, 6.45) is 9.15. The third-order valence-corrected chi connectivity index (χ3v) is 8.90. The number of carbonyl (C=O) groups excluding carboxylic acids is 2. The summed E-state index contributed by atoms with van der Waals surface area (Å²) in [5, 5.41) is 10.6. The second-order valence-corrected chi connectivity index (χ2v) is 9.81. The SMILES string of the molecule is CCC(=O)OC1CC[C@H]2[C@@H]3CCC4=CC(=O)CC(C)[C@]4(CO)[C@@H]3CC[C@]12C. The lowest BCUT2D eigenvalue weighted by molar-refractivity contribution is -0.161. The Balaban J connectivity index is 1.65. The topological polar surface area (TPSA) is 63.6 Å². The summed E-state index contributed by atoms with van der Waals surface area (Å²) in [5.41, 5.74) is 1.07. The number of aliphatic hydroxyl groups is 1. The van der Waals surface area contributed by atoms with E-state index in [1.54, 1.807) is 0 Å². The van der Waals surface area contributed by atoms with Gasteiger partial charge in [0, 0.05) is 23.7 Å². The zero-order chi connectivity index (χ0) is 19.4. The van der Waals surface area contributed by atoms with Crippen molar-refractivity contribution in [3.63, 3.8) is 0 Å². The first-order valence-corrected chi connectivity index (χ1v) is 10.9. The highest BCUT2D eigenvalue weighted by atomic mass is 16.5. The summed E-state index contributed by atoms with van der Waals surface area (Å²) in [5.74, 6) is 1.93. The molecule has 3 fully saturated rings. The van der Waals surface area contributed by atoms with Gasteiger partial charge in [0.1, 0.15) is 6.10 Å². The average Bonchev–Trinajstić information content (AvgIpc) is 2.97. The van der Waals surface area contributed by atoms with Gasteiger partial charge < -0.3 is 9.84 Å². The Morgan fingerprint density at radius 1 is 1.26 bits per heavy atom. The van der Waals surface area contributed by atoms with Crippen LogP contribution in [0.2, 0.25) is 0 Å². The Hall–Kier alpha value is -1.16. The minimum absolute atomic E-state index is 0.0447. The van der Waals surface area contributed by atoms with Crippen molar-refractivity contribution in [2.75, 3.05) is 6.61 Å². The van der Waals surface area contributed by atoms with Gasteiger partial charge in [0.25, 0.3) is 0 Å². The van der Waals surface area contributed by atoms with E-state index in [1.165, 1.54) is 5.57 Å². The van der Waals surface area contributed by atoms with E-state index in [2.05, 4.69) is 13.8 Å². The monoisotopic (exact) mass is 374 g/mol. The molecular formula is C23H34O4. The van der Waals surface area contributed by atoms with Crippen LogP contribution >= 0.6 is 0 Å². The van der Waals surface area contributed by atoms with Gasteiger partial charge in [0.15, 0.2) is 5.78 Å². The fourth-order valence-electron chi connectivity index (χ4n) is 7.51. The van der Waals surface area contributed by atoms with Crippen molar-refractivity contribution < 1.29 is 19.4 Å². The molecule has 150 valence electrons. The molecule has 4 aliphatic carbocycles. The first-order valence-electron chi connectivity index (χ1n) is 10.9. The van der Waals surface area contributed by atoms with Gasteiger partial charge >= 0.3 is 5.97 Å². The molecule has 0 heterocycles. The molecule has 2 unspecified atom stereocenters. The number of esters is 1.